The molecule has 8 nitrogen and oxygen atoms in total. The highest BCUT2D eigenvalue weighted by molar-refractivity contribution is 9.10. The lowest BCUT2D eigenvalue weighted by Crippen LogP contribution is -2.43. The van der Waals surface area contributed by atoms with E-state index in [-0.39, 0.29) is 11.4 Å². The Bertz CT molecular complexity index is 1350. The van der Waals surface area contributed by atoms with Gasteiger partial charge in [-0.2, -0.15) is 5.10 Å². The van der Waals surface area contributed by atoms with Crippen molar-refractivity contribution in [3.8, 4) is 0 Å². The predicted molar refractivity (Wildman–Crippen MR) is 115 cm³/mol. The average Bonchev–Trinajstić information content (AvgIpc) is 3.30. The quantitative estimate of drug-likeness (QED) is 0.453. The maximum absolute atomic E-state index is 14.9. The molecule has 0 spiro atoms. The number of halogens is 2. The highest BCUT2D eigenvalue weighted by Gasteiger charge is 2.29. The first-order valence-corrected chi connectivity index (χ1v) is 10.1. The van der Waals surface area contributed by atoms with Crippen molar-refractivity contribution in [3.63, 3.8) is 0 Å². The zero-order valence-electron chi connectivity index (χ0n) is 16.2. The molecule has 0 atom stereocenters. The summed E-state index contributed by atoms with van der Waals surface area (Å²) in [5, 5.41) is 8.73. The summed E-state index contributed by atoms with van der Waals surface area (Å²) in [7, 11) is 3.40. The summed E-state index contributed by atoms with van der Waals surface area (Å²) in [5.41, 5.74) is 8.75. The van der Waals surface area contributed by atoms with E-state index < -0.39 is 11.7 Å². The first-order chi connectivity index (χ1) is 14.3. The van der Waals surface area contributed by atoms with Crippen LogP contribution in [0.25, 0.3) is 21.8 Å². The smallest absolute Gasteiger partial charge is 0.275 e. The highest BCUT2D eigenvalue weighted by atomic mass is 79.9. The summed E-state index contributed by atoms with van der Waals surface area (Å²) < 4.78 is 17.3. The van der Waals surface area contributed by atoms with Crippen LogP contribution in [0.1, 0.15) is 16.1 Å². The van der Waals surface area contributed by atoms with E-state index in [0.29, 0.717) is 34.8 Å². The number of hydrazine groups is 1. The van der Waals surface area contributed by atoms with Gasteiger partial charge in [-0.1, -0.05) is 0 Å². The fraction of sp³-hybridized carbons (Fsp3) is 0.200. The summed E-state index contributed by atoms with van der Waals surface area (Å²) in [6, 6.07) is 6.49. The Morgan fingerprint density at radius 2 is 2.07 bits per heavy atom. The molecule has 1 aliphatic heterocycles. The maximum Gasteiger partial charge on any atom is 0.275 e. The van der Waals surface area contributed by atoms with Crippen LogP contribution in [0.4, 0.5) is 15.9 Å². The minimum atomic E-state index is -0.652. The normalized spacial score (nSPS) is 13.3. The van der Waals surface area contributed by atoms with Gasteiger partial charge >= 0.3 is 0 Å². The number of hydrogen-bond acceptors (Lipinski definition) is 6. The molecule has 30 heavy (non-hydrogen) atoms. The summed E-state index contributed by atoms with van der Waals surface area (Å²) in [5.74, 6) is -0.841. The molecule has 0 unspecified atom stereocenters. The van der Waals surface area contributed by atoms with Crippen molar-refractivity contribution in [2.24, 2.45) is 7.05 Å². The zero-order chi connectivity index (χ0) is 21.2. The second kappa shape index (κ2) is 6.63. The molecule has 4 aromatic rings. The van der Waals surface area contributed by atoms with Crippen LogP contribution in [-0.2, 0) is 13.5 Å². The number of anilines is 2. The number of aryl methyl sites for hydroxylation is 1. The van der Waals surface area contributed by atoms with E-state index in [1.165, 1.54) is 17.1 Å². The van der Waals surface area contributed by atoms with Gasteiger partial charge in [0.1, 0.15) is 16.2 Å². The number of amides is 1. The second-order valence-electron chi connectivity index (χ2n) is 7.18. The van der Waals surface area contributed by atoms with Gasteiger partial charge in [-0.05, 0) is 34.1 Å². The van der Waals surface area contributed by atoms with E-state index in [9.17, 15) is 9.18 Å². The molecule has 1 aromatic carbocycles. The van der Waals surface area contributed by atoms with E-state index in [0.717, 1.165) is 16.0 Å². The van der Waals surface area contributed by atoms with Crippen molar-refractivity contribution >= 4 is 55.1 Å². The van der Waals surface area contributed by atoms with E-state index in [1.54, 1.807) is 25.0 Å². The molecule has 2 N–H and O–H groups in total. The van der Waals surface area contributed by atoms with Gasteiger partial charge in [0.2, 0.25) is 0 Å². The molecular weight excluding hydrogens is 453 g/mol. The van der Waals surface area contributed by atoms with Crippen molar-refractivity contribution < 1.29 is 9.18 Å². The first kappa shape index (κ1) is 18.7. The Labute approximate surface area is 179 Å². The summed E-state index contributed by atoms with van der Waals surface area (Å²) in [6.45, 7) is 0.584. The Morgan fingerprint density at radius 1 is 1.27 bits per heavy atom. The Morgan fingerprint density at radius 3 is 2.87 bits per heavy atom. The minimum absolute atomic E-state index is 0.0439. The van der Waals surface area contributed by atoms with Gasteiger partial charge < -0.3 is 5.73 Å². The van der Waals surface area contributed by atoms with Gasteiger partial charge in [0, 0.05) is 38.5 Å². The summed E-state index contributed by atoms with van der Waals surface area (Å²) in [6.07, 6.45) is 2.31. The number of rotatable bonds is 2. The van der Waals surface area contributed by atoms with E-state index in [1.807, 2.05) is 17.1 Å². The SMILES string of the molecule is CN(C(=O)c1cc2c(cc1F)nc(N)c1cnn(C)c12)N1CCc2nc(Br)ccc21. The number of hydrogen-bond donors (Lipinski definition) is 1. The lowest BCUT2D eigenvalue weighted by Gasteiger charge is -2.30. The molecule has 0 radical (unpaired) electrons. The zero-order valence-corrected chi connectivity index (χ0v) is 17.8. The third kappa shape index (κ3) is 2.71. The van der Waals surface area contributed by atoms with Gasteiger partial charge in [0.25, 0.3) is 5.91 Å². The first-order valence-electron chi connectivity index (χ1n) is 9.26. The van der Waals surface area contributed by atoms with Crippen molar-refractivity contribution in [1.29, 1.82) is 0 Å². The van der Waals surface area contributed by atoms with Crippen LogP contribution >= 0.6 is 15.9 Å². The van der Waals surface area contributed by atoms with Gasteiger partial charge in [-0.25, -0.2) is 14.4 Å². The lowest BCUT2D eigenvalue weighted by molar-refractivity contribution is 0.0776. The van der Waals surface area contributed by atoms with Crippen molar-refractivity contribution in [2.45, 2.75) is 6.42 Å². The Kier molecular flexibility index (Phi) is 4.14. The van der Waals surface area contributed by atoms with Crippen LogP contribution in [0.5, 0.6) is 0 Å². The number of pyridine rings is 2. The average molecular weight is 470 g/mol. The number of benzene rings is 1. The fourth-order valence-corrected chi connectivity index (χ4v) is 4.30. The predicted octanol–water partition coefficient (Wildman–Crippen LogP) is 3.05. The van der Waals surface area contributed by atoms with E-state index in [2.05, 4.69) is 31.0 Å². The lowest BCUT2D eigenvalue weighted by atomic mass is 10.1. The number of aromatic nitrogens is 4. The van der Waals surface area contributed by atoms with Gasteiger partial charge in [-0.15, -0.1) is 0 Å². The minimum Gasteiger partial charge on any atom is -0.383 e. The molecule has 0 aliphatic carbocycles. The molecule has 1 amide bonds. The van der Waals surface area contributed by atoms with Crippen molar-refractivity contribution in [1.82, 2.24) is 24.8 Å². The molecule has 4 heterocycles. The highest BCUT2D eigenvalue weighted by Crippen LogP contribution is 2.32. The topological polar surface area (TPSA) is 93.2 Å². The molecule has 1 aliphatic rings. The van der Waals surface area contributed by atoms with E-state index in [4.69, 9.17) is 5.73 Å². The molecular formula is C20H17BrFN7O. The third-order valence-electron chi connectivity index (χ3n) is 5.44. The summed E-state index contributed by atoms with van der Waals surface area (Å²) in [4.78, 5) is 22.0. The van der Waals surface area contributed by atoms with Gasteiger partial charge in [0.15, 0.2) is 0 Å². The fourth-order valence-electron chi connectivity index (χ4n) is 3.96. The number of carbonyl (C=O) groups excluding carboxylic acids is 1. The number of nitrogens with two attached hydrogens (primary N) is 1. The number of nitrogen functional groups attached to an aromatic ring is 1. The van der Waals surface area contributed by atoms with Gasteiger partial charge in [0.05, 0.1) is 39.6 Å². The molecule has 0 saturated heterocycles. The molecule has 152 valence electrons. The van der Waals surface area contributed by atoms with Crippen LogP contribution in [0.2, 0.25) is 0 Å². The second-order valence-corrected chi connectivity index (χ2v) is 7.99. The number of nitrogens with zero attached hydrogens (tertiary/aromatic N) is 6. The number of carbonyl (C=O) groups is 1. The van der Waals surface area contributed by atoms with E-state index >= 15 is 0 Å². The van der Waals surface area contributed by atoms with Crippen LogP contribution in [0, 0.1) is 5.82 Å². The van der Waals surface area contributed by atoms with Crippen LogP contribution < -0.4 is 10.7 Å². The maximum atomic E-state index is 14.9. The molecule has 0 bridgehead atoms. The van der Waals surface area contributed by atoms with Gasteiger partial charge in [-0.3, -0.25) is 19.5 Å². The third-order valence-corrected chi connectivity index (χ3v) is 5.88. The molecule has 10 heteroatoms. The molecule has 3 aromatic heterocycles. The summed E-state index contributed by atoms with van der Waals surface area (Å²) >= 11 is 3.37. The molecule has 0 saturated carbocycles. The molecule has 0 fully saturated rings. The molecule has 5 rings (SSSR count). The standard InChI is InChI=1S/C20H17BrFN7O/c1-27-18-11-7-10(13(22)8-15(11)26-19(23)12(18)9-24-27)20(30)28(2)29-6-5-14-16(29)3-4-17(21)25-14/h3-4,7-9H,5-6H2,1-2H3,(H2,23,26). The van der Waals surface area contributed by atoms with Crippen LogP contribution in [0.3, 0.4) is 0 Å². The van der Waals surface area contributed by atoms with Crippen LogP contribution in [-0.4, -0.2) is 44.3 Å². The number of fused-ring (bicyclic) bond motifs is 4. The Hall–Kier alpha value is -3.27. The monoisotopic (exact) mass is 469 g/mol. The van der Waals surface area contributed by atoms with Crippen molar-refractivity contribution in [3.05, 3.63) is 52.1 Å². The van der Waals surface area contributed by atoms with Crippen molar-refractivity contribution in [2.75, 3.05) is 24.3 Å². The largest absolute Gasteiger partial charge is 0.383 e. The van der Waals surface area contributed by atoms with Crippen LogP contribution in [0.15, 0.2) is 35.1 Å². The Balaban J connectivity index is 1.60.